The third-order valence-electron chi connectivity index (χ3n) is 6.39. The fraction of sp³-hybridized carbons (Fsp3) is 0.545. The van der Waals surface area contributed by atoms with Crippen molar-refractivity contribution in [3.63, 3.8) is 0 Å². The Morgan fingerprint density at radius 3 is 1.95 bits per heavy atom. The minimum atomic E-state index is -0.444. The Kier molecular flexibility index (Phi) is 11.7. The van der Waals surface area contributed by atoms with E-state index in [1.807, 2.05) is 0 Å². The number of nitrogens with one attached hydrogen (secondary N) is 1. The molecule has 4 heterocycles. The standard InChI is InChI=1S/C11H14N4O2S.C6H13NO2.C5H2ClN3S.ClH/c16-3-6-1-7(2-8(6)17)15-10-9-11(13-4-12-10)18-5-14-9;7-5-1-4(3-8)6(9)2-5;6-4-3-5(8-1-7-4)10-2-9-3;/h4-8,16-17H,1-3H2,(H,12,13,15);4-6,8-9H,1-3,7H2;1-2H;1H/t6-,7-,8+;4-,5-,6+;;/m11../s1. The van der Waals surface area contributed by atoms with E-state index in [9.17, 15) is 5.11 Å². The molecule has 16 heteroatoms. The Morgan fingerprint density at radius 2 is 1.39 bits per heavy atom. The molecule has 4 aromatic heterocycles. The number of rotatable bonds is 4. The highest BCUT2D eigenvalue weighted by Crippen LogP contribution is 2.30. The van der Waals surface area contributed by atoms with Crippen molar-refractivity contribution in [2.45, 2.75) is 50.0 Å². The van der Waals surface area contributed by atoms with E-state index in [1.54, 1.807) is 11.0 Å². The van der Waals surface area contributed by atoms with E-state index in [0.29, 0.717) is 29.3 Å². The average molecular weight is 606 g/mol. The summed E-state index contributed by atoms with van der Waals surface area (Å²) in [6.07, 6.45) is 4.91. The second-order valence-electron chi connectivity index (χ2n) is 8.96. The Labute approximate surface area is 237 Å². The lowest BCUT2D eigenvalue weighted by molar-refractivity contribution is 0.0903. The fourth-order valence-corrected chi connectivity index (χ4v) is 5.91. The van der Waals surface area contributed by atoms with Gasteiger partial charge in [0.1, 0.15) is 33.3 Å². The number of halogens is 2. The fourth-order valence-electron chi connectivity index (χ4n) is 4.42. The molecule has 0 bridgehead atoms. The van der Waals surface area contributed by atoms with Crippen molar-refractivity contribution in [1.29, 1.82) is 0 Å². The first-order chi connectivity index (χ1) is 17.9. The zero-order valence-corrected chi connectivity index (χ0v) is 23.4. The van der Waals surface area contributed by atoms with Gasteiger partial charge < -0.3 is 31.5 Å². The van der Waals surface area contributed by atoms with Crippen LogP contribution < -0.4 is 11.1 Å². The quantitative estimate of drug-likeness (QED) is 0.185. The van der Waals surface area contributed by atoms with Gasteiger partial charge in [-0.1, -0.05) is 11.6 Å². The van der Waals surface area contributed by atoms with Crippen LogP contribution >= 0.6 is 46.7 Å². The lowest BCUT2D eigenvalue weighted by Crippen LogP contribution is -2.17. The number of hydrogen-bond acceptors (Lipinski definition) is 14. The summed E-state index contributed by atoms with van der Waals surface area (Å²) < 4.78 is 0. The number of nitrogens with zero attached hydrogens (tertiary/aromatic N) is 6. The second-order valence-corrected chi connectivity index (χ2v) is 11.0. The first kappa shape index (κ1) is 30.7. The molecule has 6 rings (SSSR count). The summed E-state index contributed by atoms with van der Waals surface area (Å²) in [7, 11) is 0. The van der Waals surface area contributed by atoms with Crippen LogP contribution in [0.25, 0.3) is 20.7 Å². The van der Waals surface area contributed by atoms with Crippen LogP contribution in [0, 0.1) is 11.8 Å². The van der Waals surface area contributed by atoms with Gasteiger partial charge in [0.15, 0.2) is 11.0 Å². The molecule has 6 atom stereocenters. The lowest BCUT2D eigenvalue weighted by atomic mass is 10.1. The SMILES string of the molecule is Cl.Clc1ncnc2scnc12.N[C@@H]1C[C@H](CO)[C@@H](O)C1.OC[C@H]1C[C@@H](Nc2ncnc3scnc23)C[C@@H]1O. The van der Waals surface area contributed by atoms with Gasteiger partial charge in [-0.15, -0.1) is 35.1 Å². The summed E-state index contributed by atoms with van der Waals surface area (Å²) >= 11 is 8.62. The van der Waals surface area contributed by atoms with Crippen LogP contribution in [-0.4, -0.2) is 87.8 Å². The molecule has 4 aromatic rings. The van der Waals surface area contributed by atoms with Crippen LogP contribution in [0.3, 0.4) is 0 Å². The van der Waals surface area contributed by atoms with Crippen LogP contribution in [0.2, 0.25) is 5.15 Å². The van der Waals surface area contributed by atoms with Crippen molar-refractivity contribution in [2.75, 3.05) is 18.5 Å². The number of hydrogen-bond donors (Lipinski definition) is 6. The average Bonchev–Trinajstić information content (AvgIpc) is 3.67. The Morgan fingerprint density at radius 1 is 0.816 bits per heavy atom. The van der Waals surface area contributed by atoms with Crippen molar-refractivity contribution >= 4 is 73.2 Å². The summed E-state index contributed by atoms with van der Waals surface area (Å²) in [5.41, 5.74) is 10.4. The van der Waals surface area contributed by atoms with Crippen molar-refractivity contribution in [3.05, 3.63) is 28.8 Å². The summed E-state index contributed by atoms with van der Waals surface area (Å²) in [5.74, 6) is 0.687. The maximum Gasteiger partial charge on any atom is 0.159 e. The highest BCUT2D eigenvalue weighted by Gasteiger charge is 2.33. The number of aromatic nitrogens is 6. The summed E-state index contributed by atoms with van der Waals surface area (Å²) in [4.78, 5) is 26.0. The highest BCUT2D eigenvalue weighted by atomic mass is 35.5. The van der Waals surface area contributed by atoms with Gasteiger partial charge in [-0.05, 0) is 25.7 Å². The molecule has 0 aliphatic heterocycles. The maximum absolute atomic E-state index is 9.76. The molecule has 0 aromatic carbocycles. The minimum Gasteiger partial charge on any atom is -0.396 e. The van der Waals surface area contributed by atoms with E-state index < -0.39 is 6.10 Å². The first-order valence-corrected chi connectivity index (χ1v) is 13.9. The summed E-state index contributed by atoms with van der Waals surface area (Å²) in [6.45, 7) is 0.0874. The van der Waals surface area contributed by atoms with E-state index in [4.69, 9.17) is 32.7 Å². The Hall–Kier alpha value is -1.88. The molecule has 0 saturated heterocycles. The number of nitrogens with two attached hydrogens (primary N) is 1. The number of anilines is 1. The van der Waals surface area contributed by atoms with Gasteiger partial charge in [0.05, 0.1) is 23.2 Å². The molecule has 2 fully saturated rings. The zero-order chi connectivity index (χ0) is 26.4. The molecule has 0 amide bonds. The van der Waals surface area contributed by atoms with Gasteiger partial charge in [-0.3, -0.25) is 0 Å². The topological polar surface area (TPSA) is 196 Å². The molecular weight excluding hydrogens is 575 g/mol. The third-order valence-corrected chi connectivity index (χ3v) is 8.13. The molecule has 2 aliphatic carbocycles. The van der Waals surface area contributed by atoms with Crippen molar-refractivity contribution in [1.82, 2.24) is 29.9 Å². The molecule has 38 heavy (non-hydrogen) atoms. The molecule has 208 valence electrons. The highest BCUT2D eigenvalue weighted by molar-refractivity contribution is 7.16. The molecule has 0 radical (unpaired) electrons. The first-order valence-electron chi connectivity index (χ1n) is 11.7. The summed E-state index contributed by atoms with van der Waals surface area (Å²) in [6, 6.07) is 0.217. The van der Waals surface area contributed by atoms with Gasteiger partial charge in [-0.2, -0.15) is 0 Å². The van der Waals surface area contributed by atoms with E-state index in [1.165, 1.54) is 35.3 Å². The van der Waals surface area contributed by atoms with E-state index >= 15 is 0 Å². The van der Waals surface area contributed by atoms with Crippen LogP contribution in [-0.2, 0) is 0 Å². The van der Waals surface area contributed by atoms with Gasteiger partial charge in [0.25, 0.3) is 0 Å². The van der Waals surface area contributed by atoms with Crippen LogP contribution in [0.5, 0.6) is 0 Å². The number of thiazole rings is 2. The van der Waals surface area contributed by atoms with Gasteiger partial charge >= 0.3 is 0 Å². The molecule has 12 nitrogen and oxygen atoms in total. The Bertz CT molecular complexity index is 1280. The third kappa shape index (κ3) is 7.61. The molecule has 0 unspecified atom stereocenters. The number of aliphatic hydroxyl groups is 4. The predicted octanol–water partition coefficient (Wildman–Crippen LogP) is 1.87. The molecule has 7 N–H and O–H groups in total. The Balaban J connectivity index is 0.000000170. The van der Waals surface area contributed by atoms with Crippen LogP contribution in [0.4, 0.5) is 5.82 Å². The molecule has 2 aliphatic rings. The van der Waals surface area contributed by atoms with E-state index in [2.05, 4.69) is 35.2 Å². The van der Waals surface area contributed by atoms with Crippen molar-refractivity contribution in [2.24, 2.45) is 17.6 Å². The second kappa shape index (κ2) is 14.5. The largest absolute Gasteiger partial charge is 0.396 e. The van der Waals surface area contributed by atoms with Crippen molar-refractivity contribution in [3.8, 4) is 0 Å². The van der Waals surface area contributed by atoms with Gasteiger partial charge in [-0.25, -0.2) is 29.9 Å². The monoisotopic (exact) mass is 604 g/mol. The normalized spacial score (nSPS) is 26.3. The maximum atomic E-state index is 9.76. The number of aliphatic hydroxyl groups excluding tert-OH is 4. The number of fused-ring (bicyclic) bond motifs is 2. The predicted molar refractivity (Wildman–Crippen MR) is 150 cm³/mol. The lowest BCUT2D eigenvalue weighted by Gasteiger charge is -2.12. The zero-order valence-electron chi connectivity index (χ0n) is 20.2. The molecular formula is C22H30Cl2N8O4S2. The van der Waals surface area contributed by atoms with Gasteiger partial charge in [0, 0.05) is 37.1 Å². The molecule has 0 spiro atoms. The van der Waals surface area contributed by atoms with E-state index in [0.717, 1.165) is 28.0 Å². The van der Waals surface area contributed by atoms with Crippen LogP contribution in [0.1, 0.15) is 25.7 Å². The summed E-state index contributed by atoms with van der Waals surface area (Å²) in [5, 5.41) is 40.4. The van der Waals surface area contributed by atoms with E-state index in [-0.39, 0.29) is 55.6 Å². The van der Waals surface area contributed by atoms with Crippen molar-refractivity contribution < 1.29 is 20.4 Å². The van der Waals surface area contributed by atoms with Gasteiger partial charge in [0.2, 0.25) is 0 Å². The minimum absolute atomic E-state index is 0. The van der Waals surface area contributed by atoms with Crippen LogP contribution in [0.15, 0.2) is 23.7 Å². The smallest absolute Gasteiger partial charge is 0.159 e. The molecule has 2 saturated carbocycles.